The maximum atomic E-state index is 11.1. The molecule has 0 bridgehead atoms. The molecule has 0 fully saturated rings. The van der Waals surface area contributed by atoms with Crippen LogP contribution < -0.4 is 19.5 Å². The number of methoxy groups -OCH3 is 1. The van der Waals surface area contributed by atoms with Crippen molar-refractivity contribution in [3.05, 3.63) is 52.5 Å². The minimum absolute atomic E-state index is 0.132. The fourth-order valence-corrected chi connectivity index (χ4v) is 5.84. The number of ether oxygens (including phenoxy) is 3. The van der Waals surface area contributed by atoms with E-state index in [1.807, 2.05) is 24.3 Å². The molecule has 36 heavy (non-hydrogen) atoms. The molecule has 2 N–H and O–H groups in total. The molecule has 1 unspecified atom stereocenters. The lowest BCUT2D eigenvalue weighted by molar-refractivity contribution is 0.174. The van der Waals surface area contributed by atoms with Gasteiger partial charge in [-0.3, -0.25) is 0 Å². The summed E-state index contributed by atoms with van der Waals surface area (Å²) in [7, 11) is -0.273. The van der Waals surface area contributed by atoms with Gasteiger partial charge in [-0.25, -0.2) is 0 Å². The Morgan fingerprint density at radius 3 is 2.53 bits per heavy atom. The van der Waals surface area contributed by atoms with Crippen molar-refractivity contribution in [1.29, 1.82) is 0 Å². The summed E-state index contributed by atoms with van der Waals surface area (Å²) in [4.78, 5) is 0. The van der Waals surface area contributed by atoms with Crippen LogP contribution >= 0.6 is 15.9 Å². The standard InChI is InChI=1S/C28H36BrNO5Si/c1-28(2,3)36(5,6)35-14-8-11-22(26-20(29)12-13-23(32-4)27(26)31)30-21-10-7-9-18-15-24-25(16-19(18)21)34-17-33-24/h7,9-10,12-13,15-16,22,30-31H,8,11,14,17H2,1-6H3. The van der Waals surface area contributed by atoms with Gasteiger partial charge in [-0.1, -0.05) is 48.8 Å². The summed E-state index contributed by atoms with van der Waals surface area (Å²) in [5.74, 6) is 2.07. The van der Waals surface area contributed by atoms with E-state index in [9.17, 15) is 5.11 Å². The first kappa shape index (κ1) is 26.6. The quantitative estimate of drug-likeness (QED) is 0.199. The van der Waals surface area contributed by atoms with Crippen LogP contribution in [0.15, 0.2) is 46.9 Å². The first-order valence-corrected chi connectivity index (χ1v) is 16.0. The first-order chi connectivity index (χ1) is 17.0. The van der Waals surface area contributed by atoms with Gasteiger partial charge in [0, 0.05) is 27.7 Å². The largest absolute Gasteiger partial charge is 0.504 e. The fraction of sp³-hybridized carbons (Fsp3) is 0.429. The van der Waals surface area contributed by atoms with E-state index in [4.69, 9.17) is 18.6 Å². The van der Waals surface area contributed by atoms with Gasteiger partial charge in [-0.2, -0.15) is 0 Å². The summed E-state index contributed by atoms with van der Waals surface area (Å²) in [5, 5.41) is 17.0. The van der Waals surface area contributed by atoms with Gasteiger partial charge in [-0.15, -0.1) is 0 Å². The van der Waals surface area contributed by atoms with Gasteiger partial charge in [0.2, 0.25) is 6.79 Å². The number of rotatable bonds is 9. The predicted octanol–water partition coefficient (Wildman–Crippen LogP) is 8.00. The number of halogens is 1. The zero-order chi connectivity index (χ0) is 26.1. The van der Waals surface area contributed by atoms with E-state index >= 15 is 0 Å². The molecule has 4 rings (SSSR count). The van der Waals surface area contributed by atoms with Crippen molar-refractivity contribution in [2.45, 2.75) is 57.8 Å². The molecule has 3 aromatic carbocycles. The zero-order valence-electron chi connectivity index (χ0n) is 21.9. The average Bonchev–Trinajstić information content (AvgIpc) is 3.27. The van der Waals surface area contributed by atoms with Crippen molar-refractivity contribution in [3.63, 3.8) is 0 Å². The molecule has 194 valence electrons. The van der Waals surface area contributed by atoms with Crippen LogP contribution in [0, 0.1) is 0 Å². The molecule has 0 aromatic heterocycles. The number of anilines is 1. The van der Waals surface area contributed by atoms with Crippen molar-refractivity contribution >= 4 is 40.7 Å². The summed E-state index contributed by atoms with van der Waals surface area (Å²) < 4.78 is 23.9. The van der Waals surface area contributed by atoms with Crippen LogP contribution in [0.4, 0.5) is 5.69 Å². The Bertz CT molecular complexity index is 1240. The summed E-state index contributed by atoms with van der Waals surface area (Å²) in [6.07, 6.45) is 1.60. The molecule has 6 nitrogen and oxygen atoms in total. The number of phenolic OH excluding ortho intramolecular Hbond substituents is 1. The third-order valence-corrected chi connectivity index (χ3v) is 12.5. The Morgan fingerprint density at radius 2 is 1.83 bits per heavy atom. The lowest BCUT2D eigenvalue weighted by Crippen LogP contribution is -2.41. The summed E-state index contributed by atoms with van der Waals surface area (Å²) in [6.45, 7) is 12.2. The van der Waals surface area contributed by atoms with Gasteiger partial charge < -0.3 is 29.1 Å². The summed E-state index contributed by atoms with van der Waals surface area (Å²) in [6, 6.07) is 13.6. The number of aromatic hydroxyl groups is 1. The van der Waals surface area contributed by atoms with E-state index in [1.54, 1.807) is 13.2 Å². The highest BCUT2D eigenvalue weighted by Gasteiger charge is 2.37. The van der Waals surface area contributed by atoms with Gasteiger partial charge in [0.15, 0.2) is 31.3 Å². The highest BCUT2D eigenvalue weighted by atomic mass is 79.9. The maximum Gasteiger partial charge on any atom is 0.231 e. The monoisotopic (exact) mass is 573 g/mol. The second-order valence-electron chi connectivity index (χ2n) is 10.7. The van der Waals surface area contributed by atoms with E-state index in [2.05, 4.69) is 67.2 Å². The minimum Gasteiger partial charge on any atom is -0.504 e. The Labute approximate surface area is 223 Å². The summed E-state index contributed by atoms with van der Waals surface area (Å²) >= 11 is 3.67. The van der Waals surface area contributed by atoms with Crippen LogP contribution in [0.3, 0.4) is 0 Å². The van der Waals surface area contributed by atoms with E-state index in [-0.39, 0.29) is 23.6 Å². The van der Waals surface area contributed by atoms with Crippen LogP contribution in [-0.2, 0) is 4.43 Å². The molecule has 1 heterocycles. The molecule has 8 heteroatoms. The van der Waals surface area contributed by atoms with Gasteiger partial charge in [0.1, 0.15) is 0 Å². The highest BCUT2D eigenvalue weighted by Crippen LogP contribution is 2.44. The molecular formula is C28H36BrNO5Si. The third-order valence-electron chi connectivity index (χ3n) is 7.30. The highest BCUT2D eigenvalue weighted by molar-refractivity contribution is 9.10. The second kappa shape index (κ2) is 10.5. The van der Waals surface area contributed by atoms with Crippen LogP contribution in [-0.4, -0.2) is 33.9 Å². The van der Waals surface area contributed by atoms with E-state index < -0.39 is 8.32 Å². The number of fused-ring (bicyclic) bond motifs is 2. The van der Waals surface area contributed by atoms with Crippen LogP contribution in [0.2, 0.25) is 18.1 Å². The summed E-state index contributed by atoms with van der Waals surface area (Å²) in [5.41, 5.74) is 1.72. The van der Waals surface area contributed by atoms with Crippen molar-refractivity contribution in [1.82, 2.24) is 0 Å². The zero-order valence-corrected chi connectivity index (χ0v) is 24.5. The van der Waals surface area contributed by atoms with E-state index in [0.717, 1.165) is 50.8 Å². The Kier molecular flexibility index (Phi) is 7.78. The van der Waals surface area contributed by atoms with Crippen molar-refractivity contribution in [2.75, 3.05) is 25.8 Å². The predicted molar refractivity (Wildman–Crippen MR) is 151 cm³/mol. The Morgan fingerprint density at radius 1 is 1.11 bits per heavy atom. The maximum absolute atomic E-state index is 11.1. The second-order valence-corrected chi connectivity index (χ2v) is 16.4. The lowest BCUT2D eigenvalue weighted by Gasteiger charge is -2.36. The Hall–Kier alpha value is -2.42. The van der Waals surface area contributed by atoms with Crippen LogP contribution in [0.1, 0.15) is 45.2 Å². The molecule has 0 saturated carbocycles. The molecule has 0 radical (unpaired) electrons. The smallest absolute Gasteiger partial charge is 0.231 e. The molecule has 0 spiro atoms. The molecular weight excluding hydrogens is 538 g/mol. The first-order valence-electron chi connectivity index (χ1n) is 12.3. The average molecular weight is 575 g/mol. The number of benzene rings is 3. The molecule has 0 amide bonds. The lowest BCUT2D eigenvalue weighted by atomic mass is 9.99. The van der Waals surface area contributed by atoms with Crippen molar-refractivity contribution < 1.29 is 23.7 Å². The minimum atomic E-state index is -1.84. The molecule has 0 saturated heterocycles. The Balaban J connectivity index is 1.65. The number of hydrogen-bond donors (Lipinski definition) is 2. The number of hydrogen-bond acceptors (Lipinski definition) is 6. The van der Waals surface area contributed by atoms with Crippen LogP contribution in [0.5, 0.6) is 23.0 Å². The molecule has 0 aliphatic carbocycles. The number of nitrogens with one attached hydrogen (secondary N) is 1. The molecule has 1 atom stereocenters. The van der Waals surface area contributed by atoms with Crippen LogP contribution in [0.25, 0.3) is 10.8 Å². The molecule has 1 aliphatic rings. The third kappa shape index (κ3) is 5.45. The van der Waals surface area contributed by atoms with Crippen molar-refractivity contribution in [2.24, 2.45) is 0 Å². The van der Waals surface area contributed by atoms with Gasteiger partial charge in [0.25, 0.3) is 0 Å². The fourth-order valence-electron chi connectivity index (χ4n) is 4.16. The van der Waals surface area contributed by atoms with Gasteiger partial charge in [0.05, 0.1) is 13.2 Å². The SMILES string of the molecule is COc1ccc(Br)c(C(CCCO[Si](C)(C)C(C)(C)C)Nc2cccc3cc4c(cc23)OCO4)c1O. The van der Waals surface area contributed by atoms with E-state index in [0.29, 0.717) is 12.4 Å². The normalized spacial score (nSPS) is 14.2. The topological polar surface area (TPSA) is 69.2 Å². The molecule has 1 aliphatic heterocycles. The van der Waals surface area contributed by atoms with Gasteiger partial charge >= 0.3 is 0 Å². The van der Waals surface area contributed by atoms with Crippen molar-refractivity contribution in [3.8, 4) is 23.0 Å². The van der Waals surface area contributed by atoms with Gasteiger partial charge in [-0.05, 0) is 66.7 Å². The molecule has 3 aromatic rings. The van der Waals surface area contributed by atoms with E-state index in [1.165, 1.54) is 0 Å². The number of phenols is 1.